The zero-order valence-electron chi connectivity index (χ0n) is 12.3. The SMILES string of the molecule is CC(C)c1ccoc1-c1noc(C2CN(C)C(=O)CN2)n1. The lowest BCUT2D eigenvalue weighted by Crippen LogP contribution is -2.47. The van der Waals surface area contributed by atoms with Crippen molar-refractivity contribution in [3.8, 4) is 11.6 Å². The van der Waals surface area contributed by atoms with Gasteiger partial charge in [0.25, 0.3) is 0 Å². The Labute approximate surface area is 122 Å². The average Bonchev–Trinajstić information content (AvgIpc) is 3.09. The van der Waals surface area contributed by atoms with Gasteiger partial charge >= 0.3 is 0 Å². The van der Waals surface area contributed by atoms with Gasteiger partial charge in [0.05, 0.1) is 12.8 Å². The van der Waals surface area contributed by atoms with E-state index >= 15 is 0 Å². The Kier molecular flexibility index (Phi) is 3.50. The van der Waals surface area contributed by atoms with E-state index in [2.05, 4.69) is 29.3 Å². The smallest absolute Gasteiger partial charge is 0.246 e. The minimum Gasteiger partial charge on any atom is -0.461 e. The lowest BCUT2D eigenvalue weighted by Gasteiger charge is -2.28. The van der Waals surface area contributed by atoms with Crippen molar-refractivity contribution in [2.45, 2.75) is 25.8 Å². The van der Waals surface area contributed by atoms with E-state index in [1.54, 1.807) is 18.2 Å². The van der Waals surface area contributed by atoms with Crippen LogP contribution in [0.1, 0.15) is 37.3 Å². The van der Waals surface area contributed by atoms with Gasteiger partial charge in [-0.3, -0.25) is 10.1 Å². The number of likely N-dealkylation sites (N-methyl/N-ethyl adjacent to an activating group) is 1. The number of piperazine rings is 1. The Hall–Kier alpha value is -2.15. The summed E-state index contributed by atoms with van der Waals surface area (Å²) in [6.07, 6.45) is 1.63. The number of nitrogens with zero attached hydrogens (tertiary/aromatic N) is 3. The second-order valence-electron chi connectivity index (χ2n) is 5.52. The molecule has 2 aromatic rings. The van der Waals surface area contributed by atoms with Crippen LogP contribution in [0.25, 0.3) is 11.6 Å². The second kappa shape index (κ2) is 5.33. The van der Waals surface area contributed by atoms with Gasteiger partial charge in [-0.25, -0.2) is 0 Å². The van der Waals surface area contributed by atoms with Crippen LogP contribution in [-0.2, 0) is 4.79 Å². The van der Waals surface area contributed by atoms with E-state index in [1.807, 2.05) is 6.07 Å². The van der Waals surface area contributed by atoms with E-state index in [9.17, 15) is 4.79 Å². The molecule has 0 aliphatic carbocycles. The minimum atomic E-state index is -0.147. The first-order valence-corrected chi connectivity index (χ1v) is 6.95. The molecule has 1 aliphatic rings. The lowest BCUT2D eigenvalue weighted by molar-refractivity contribution is -0.131. The van der Waals surface area contributed by atoms with E-state index < -0.39 is 0 Å². The van der Waals surface area contributed by atoms with Crippen molar-refractivity contribution in [1.82, 2.24) is 20.4 Å². The van der Waals surface area contributed by atoms with Gasteiger partial charge in [-0.1, -0.05) is 19.0 Å². The number of furan rings is 1. The maximum Gasteiger partial charge on any atom is 0.246 e. The molecule has 0 bridgehead atoms. The highest BCUT2D eigenvalue weighted by molar-refractivity contribution is 5.78. The normalized spacial score (nSPS) is 19.5. The molecule has 21 heavy (non-hydrogen) atoms. The maximum atomic E-state index is 11.5. The Morgan fingerprint density at radius 3 is 3.00 bits per heavy atom. The molecule has 1 fully saturated rings. The molecule has 0 radical (unpaired) electrons. The molecular weight excluding hydrogens is 272 g/mol. The summed E-state index contributed by atoms with van der Waals surface area (Å²) in [4.78, 5) is 17.5. The van der Waals surface area contributed by atoms with Crippen LogP contribution in [0.15, 0.2) is 21.3 Å². The molecule has 1 N–H and O–H groups in total. The van der Waals surface area contributed by atoms with Crippen LogP contribution in [0, 0.1) is 0 Å². The standard InChI is InChI=1S/C14H18N4O3/c1-8(2)9-4-5-20-12(9)13-16-14(21-17-13)10-7-18(3)11(19)6-15-10/h4-5,8,10,15H,6-7H2,1-3H3. The van der Waals surface area contributed by atoms with Crippen molar-refractivity contribution in [3.05, 3.63) is 23.8 Å². The fraction of sp³-hybridized carbons (Fsp3) is 0.500. The number of amides is 1. The second-order valence-corrected chi connectivity index (χ2v) is 5.52. The summed E-state index contributed by atoms with van der Waals surface area (Å²) in [6, 6.07) is 1.77. The first kappa shape index (κ1) is 13.8. The highest BCUT2D eigenvalue weighted by atomic mass is 16.5. The fourth-order valence-electron chi connectivity index (χ4n) is 2.38. The quantitative estimate of drug-likeness (QED) is 0.923. The van der Waals surface area contributed by atoms with Crippen LogP contribution in [0.2, 0.25) is 0 Å². The number of rotatable bonds is 3. The molecule has 1 atom stereocenters. The fourth-order valence-corrected chi connectivity index (χ4v) is 2.38. The van der Waals surface area contributed by atoms with Crippen LogP contribution >= 0.6 is 0 Å². The molecule has 3 rings (SSSR count). The number of carbonyl (C=O) groups is 1. The zero-order valence-corrected chi connectivity index (χ0v) is 12.3. The van der Waals surface area contributed by atoms with Crippen molar-refractivity contribution in [2.75, 3.05) is 20.1 Å². The first-order chi connectivity index (χ1) is 10.1. The summed E-state index contributed by atoms with van der Waals surface area (Å²) in [5, 5.41) is 7.09. The monoisotopic (exact) mass is 290 g/mol. The maximum absolute atomic E-state index is 11.5. The van der Waals surface area contributed by atoms with E-state index in [-0.39, 0.29) is 18.5 Å². The van der Waals surface area contributed by atoms with Crippen LogP contribution in [0.3, 0.4) is 0 Å². The summed E-state index contributed by atoms with van der Waals surface area (Å²) < 4.78 is 10.8. The topological polar surface area (TPSA) is 84.4 Å². The Bertz CT molecular complexity index is 646. The van der Waals surface area contributed by atoms with Crippen molar-refractivity contribution >= 4 is 5.91 Å². The van der Waals surface area contributed by atoms with Gasteiger partial charge < -0.3 is 13.8 Å². The van der Waals surface area contributed by atoms with E-state index in [0.717, 1.165) is 5.56 Å². The molecule has 1 saturated heterocycles. The first-order valence-electron chi connectivity index (χ1n) is 6.95. The Morgan fingerprint density at radius 1 is 1.48 bits per heavy atom. The van der Waals surface area contributed by atoms with Crippen LogP contribution in [0.4, 0.5) is 0 Å². The van der Waals surface area contributed by atoms with Gasteiger partial charge in [0.1, 0.15) is 6.04 Å². The molecule has 1 aliphatic heterocycles. The molecule has 112 valence electrons. The molecule has 1 unspecified atom stereocenters. The van der Waals surface area contributed by atoms with E-state index in [1.165, 1.54) is 0 Å². The van der Waals surface area contributed by atoms with E-state index in [4.69, 9.17) is 8.94 Å². The predicted octanol–water partition coefficient (Wildman–Crippen LogP) is 1.56. The number of aromatic nitrogens is 2. The molecule has 7 heteroatoms. The van der Waals surface area contributed by atoms with Crippen molar-refractivity contribution in [1.29, 1.82) is 0 Å². The minimum absolute atomic E-state index is 0.0547. The molecule has 1 amide bonds. The highest BCUT2D eigenvalue weighted by Gasteiger charge is 2.28. The molecule has 2 aromatic heterocycles. The Morgan fingerprint density at radius 2 is 2.29 bits per heavy atom. The number of nitrogens with one attached hydrogen (secondary N) is 1. The third-order valence-corrected chi connectivity index (χ3v) is 3.64. The average molecular weight is 290 g/mol. The van der Waals surface area contributed by atoms with Gasteiger partial charge in [0.2, 0.25) is 17.6 Å². The molecular formula is C14H18N4O3. The van der Waals surface area contributed by atoms with Gasteiger partial charge in [-0.05, 0) is 12.0 Å². The largest absolute Gasteiger partial charge is 0.461 e. The van der Waals surface area contributed by atoms with Gasteiger partial charge in [-0.2, -0.15) is 4.98 Å². The Balaban J connectivity index is 1.83. The number of hydrogen-bond donors (Lipinski definition) is 1. The molecule has 0 aromatic carbocycles. The predicted molar refractivity (Wildman–Crippen MR) is 74.5 cm³/mol. The third kappa shape index (κ3) is 2.56. The van der Waals surface area contributed by atoms with Crippen molar-refractivity contribution < 1.29 is 13.7 Å². The number of hydrogen-bond acceptors (Lipinski definition) is 6. The highest BCUT2D eigenvalue weighted by Crippen LogP contribution is 2.29. The molecule has 3 heterocycles. The molecule has 7 nitrogen and oxygen atoms in total. The zero-order chi connectivity index (χ0) is 15.0. The molecule has 0 saturated carbocycles. The summed E-state index contributed by atoms with van der Waals surface area (Å²) in [5.74, 6) is 1.92. The van der Waals surface area contributed by atoms with E-state index in [0.29, 0.717) is 29.9 Å². The van der Waals surface area contributed by atoms with Crippen LogP contribution in [0.5, 0.6) is 0 Å². The van der Waals surface area contributed by atoms with Crippen molar-refractivity contribution in [3.63, 3.8) is 0 Å². The van der Waals surface area contributed by atoms with Gasteiger partial charge in [0.15, 0.2) is 5.76 Å². The van der Waals surface area contributed by atoms with Crippen LogP contribution < -0.4 is 5.32 Å². The molecule has 0 spiro atoms. The van der Waals surface area contributed by atoms with Crippen molar-refractivity contribution in [2.24, 2.45) is 0 Å². The lowest BCUT2D eigenvalue weighted by atomic mass is 10.0. The third-order valence-electron chi connectivity index (χ3n) is 3.64. The summed E-state index contributed by atoms with van der Waals surface area (Å²) in [5.41, 5.74) is 1.05. The van der Waals surface area contributed by atoms with Gasteiger partial charge in [0, 0.05) is 19.2 Å². The summed E-state index contributed by atoms with van der Waals surface area (Å²) >= 11 is 0. The summed E-state index contributed by atoms with van der Waals surface area (Å²) in [7, 11) is 1.76. The summed E-state index contributed by atoms with van der Waals surface area (Å²) in [6.45, 7) is 4.95. The number of carbonyl (C=O) groups excluding carboxylic acids is 1. The van der Waals surface area contributed by atoms with Gasteiger partial charge in [-0.15, -0.1) is 0 Å². The van der Waals surface area contributed by atoms with Crippen LogP contribution in [-0.4, -0.2) is 41.1 Å².